The number of anilines is 2. The Labute approximate surface area is 185 Å². The number of benzene rings is 3. The molecule has 0 aliphatic carbocycles. The molecule has 0 aromatic heterocycles. The van der Waals surface area contributed by atoms with Crippen LogP contribution in [0.5, 0.6) is 0 Å². The van der Waals surface area contributed by atoms with E-state index in [4.69, 9.17) is 16.4 Å². The minimum Gasteiger partial charge on any atom is -0.273 e. The van der Waals surface area contributed by atoms with Crippen molar-refractivity contribution in [3.63, 3.8) is 0 Å². The predicted octanol–water partition coefficient (Wildman–Crippen LogP) is 5.01. The lowest BCUT2D eigenvalue weighted by molar-refractivity contribution is -0.126. The van der Waals surface area contributed by atoms with Crippen molar-refractivity contribution in [2.24, 2.45) is 5.92 Å². The molecule has 2 saturated heterocycles. The molecule has 0 bridgehead atoms. The van der Waals surface area contributed by atoms with Crippen LogP contribution >= 0.6 is 11.6 Å². The fourth-order valence-corrected chi connectivity index (χ4v) is 4.47. The number of amides is 2. The summed E-state index contributed by atoms with van der Waals surface area (Å²) < 4.78 is 0. The van der Waals surface area contributed by atoms with E-state index in [1.54, 1.807) is 23.3 Å². The van der Waals surface area contributed by atoms with E-state index in [-0.39, 0.29) is 11.8 Å². The molecule has 0 unspecified atom stereocenters. The zero-order valence-corrected chi connectivity index (χ0v) is 17.9. The monoisotopic (exact) mass is 432 g/mol. The normalized spacial score (nSPS) is 22.9. The Balaban J connectivity index is 1.58. The average molecular weight is 433 g/mol. The van der Waals surface area contributed by atoms with Gasteiger partial charge in [0, 0.05) is 5.02 Å². The second-order valence-electron chi connectivity index (χ2n) is 8.01. The highest BCUT2D eigenvalue weighted by molar-refractivity contribution is 6.32. The fourth-order valence-electron chi connectivity index (χ4n) is 4.29. The summed E-state index contributed by atoms with van der Waals surface area (Å²) in [6, 6.07) is 22.3. The molecule has 2 amide bonds. The number of halogens is 1. The van der Waals surface area contributed by atoms with Gasteiger partial charge in [0.05, 0.1) is 17.4 Å². The van der Waals surface area contributed by atoms with Crippen molar-refractivity contribution in [1.29, 1.82) is 0 Å². The number of rotatable bonds is 3. The maximum Gasteiger partial charge on any atom is 0.266 e. The molecule has 5 nitrogen and oxygen atoms in total. The summed E-state index contributed by atoms with van der Waals surface area (Å²) in [5.41, 5.74) is 4.20. The van der Waals surface area contributed by atoms with Crippen LogP contribution in [0.2, 0.25) is 5.02 Å². The minimum atomic E-state index is -0.890. The van der Waals surface area contributed by atoms with E-state index in [0.29, 0.717) is 10.7 Å². The molecule has 2 fully saturated rings. The van der Waals surface area contributed by atoms with Crippen LogP contribution in [-0.2, 0) is 14.4 Å². The highest BCUT2D eigenvalue weighted by atomic mass is 35.5. The van der Waals surface area contributed by atoms with Crippen molar-refractivity contribution in [2.75, 3.05) is 9.96 Å². The van der Waals surface area contributed by atoms with Crippen molar-refractivity contribution < 1.29 is 14.4 Å². The van der Waals surface area contributed by atoms with Crippen molar-refractivity contribution in [1.82, 2.24) is 0 Å². The van der Waals surface area contributed by atoms with Crippen LogP contribution in [0.1, 0.15) is 22.7 Å². The van der Waals surface area contributed by atoms with E-state index in [2.05, 4.69) is 0 Å². The van der Waals surface area contributed by atoms with Crippen LogP contribution < -0.4 is 9.96 Å². The van der Waals surface area contributed by atoms with Crippen LogP contribution in [0.25, 0.3) is 0 Å². The Morgan fingerprint density at radius 3 is 2.23 bits per heavy atom. The smallest absolute Gasteiger partial charge is 0.266 e. The first-order chi connectivity index (χ1) is 15.0. The van der Waals surface area contributed by atoms with Crippen LogP contribution in [0.3, 0.4) is 0 Å². The number of imide groups is 1. The first-order valence-electron chi connectivity index (χ1n) is 10.2. The number of para-hydroxylation sites is 1. The SMILES string of the molecule is Cc1ccc([C@H]2[C@@H]3C(=O)N(c4ccc(C)c(Cl)c4)C(=O)[C@@H]3ON2c2ccccc2)cc1. The van der Waals surface area contributed by atoms with Crippen LogP contribution in [0.4, 0.5) is 11.4 Å². The molecule has 6 heteroatoms. The average Bonchev–Trinajstić information content (AvgIpc) is 3.28. The molecule has 0 saturated carbocycles. The molecule has 0 radical (unpaired) electrons. The van der Waals surface area contributed by atoms with E-state index >= 15 is 0 Å². The fraction of sp³-hybridized carbons (Fsp3) is 0.200. The number of carbonyl (C=O) groups excluding carboxylic acids is 2. The zero-order chi connectivity index (χ0) is 21.7. The van der Waals surface area contributed by atoms with Crippen molar-refractivity contribution in [3.05, 3.63) is 94.5 Å². The summed E-state index contributed by atoms with van der Waals surface area (Å²) in [5.74, 6) is -1.31. The predicted molar refractivity (Wildman–Crippen MR) is 120 cm³/mol. The Kier molecular flexibility index (Phi) is 4.80. The molecule has 5 rings (SSSR count). The molecular formula is C25H21ClN2O3. The van der Waals surface area contributed by atoms with Crippen molar-refractivity contribution in [2.45, 2.75) is 26.0 Å². The van der Waals surface area contributed by atoms with Crippen molar-refractivity contribution >= 4 is 34.8 Å². The second kappa shape index (κ2) is 7.52. The number of nitrogens with zero attached hydrogens (tertiary/aromatic N) is 2. The number of hydrogen-bond donors (Lipinski definition) is 0. The Hall–Kier alpha value is -3.15. The first kappa shape index (κ1) is 19.8. The molecule has 31 heavy (non-hydrogen) atoms. The van der Waals surface area contributed by atoms with E-state index in [9.17, 15) is 9.59 Å². The van der Waals surface area contributed by atoms with Crippen LogP contribution in [0.15, 0.2) is 72.8 Å². The Morgan fingerprint density at radius 2 is 1.55 bits per heavy atom. The van der Waals surface area contributed by atoms with E-state index in [1.807, 2.05) is 68.4 Å². The lowest BCUT2D eigenvalue weighted by Gasteiger charge is -2.29. The highest BCUT2D eigenvalue weighted by Crippen LogP contribution is 2.47. The van der Waals surface area contributed by atoms with Gasteiger partial charge in [0.15, 0.2) is 6.10 Å². The second-order valence-corrected chi connectivity index (χ2v) is 8.42. The maximum atomic E-state index is 13.6. The quantitative estimate of drug-likeness (QED) is 0.546. The molecular weight excluding hydrogens is 412 g/mol. The van der Waals surface area contributed by atoms with Gasteiger partial charge in [-0.3, -0.25) is 14.4 Å². The Bertz CT molecular complexity index is 1160. The lowest BCUT2D eigenvalue weighted by atomic mass is 9.90. The standard InChI is InChI=1S/C25H21ClN2O3/c1-15-8-11-17(12-9-15)22-21-23(31-28(22)18-6-4-3-5-7-18)25(30)27(24(21)29)19-13-10-16(2)20(26)14-19/h3-14,21-23H,1-2H3/t21-,22-,23+/m0/s1. The summed E-state index contributed by atoms with van der Waals surface area (Å²) in [7, 11) is 0. The molecule has 2 aliphatic heterocycles. The maximum absolute atomic E-state index is 13.6. The highest BCUT2D eigenvalue weighted by Gasteiger charge is 2.60. The van der Waals surface area contributed by atoms with Gasteiger partial charge in [0.2, 0.25) is 5.91 Å². The zero-order valence-electron chi connectivity index (χ0n) is 17.2. The van der Waals surface area contributed by atoms with Gasteiger partial charge in [-0.25, -0.2) is 9.96 Å². The van der Waals surface area contributed by atoms with Gasteiger partial charge < -0.3 is 0 Å². The summed E-state index contributed by atoms with van der Waals surface area (Å²) in [5, 5.41) is 2.21. The van der Waals surface area contributed by atoms with E-state index in [0.717, 1.165) is 22.4 Å². The number of hydroxylamine groups is 1. The van der Waals surface area contributed by atoms with Crippen LogP contribution in [0, 0.1) is 19.8 Å². The van der Waals surface area contributed by atoms with Gasteiger partial charge in [-0.2, -0.15) is 0 Å². The Morgan fingerprint density at radius 1 is 0.839 bits per heavy atom. The molecule has 2 aliphatic rings. The molecule has 3 aromatic carbocycles. The number of carbonyl (C=O) groups is 2. The van der Waals surface area contributed by atoms with Gasteiger partial charge in [0.1, 0.15) is 5.92 Å². The molecule has 0 N–H and O–H groups in total. The molecule has 2 heterocycles. The lowest BCUT2D eigenvalue weighted by Crippen LogP contribution is -2.37. The van der Waals surface area contributed by atoms with Gasteiger partial charge in [-0.05, 0) is 49.2 Å². The molecule has 3 atom stereocenters. The third-order valence-corrected chi connectivity index (χ3v) is 6.37. The van der Waals surface area contributed by atoms with Crippen LogP contribution in [-0.4, -0.2) is 17.9 Å². The van der Waals surface area contributed by atoms with E-state index in [1.165, 1.54) is 4.90 Å². The largest absolute Gasteiger partial charge is 0.273 e. The number of hydrogen-bond acceptors (Lipinski definition) is 4. The van der Waals surface area contributed by atoms with Crippen molar-refractivity contribution in [3.8, 4) is 0 Å². The van der Waals surface area contributed by atoms with Gasteiger partial charge in [0.25, 0.3) is 5.91 Å². The summed E-state index contributed by atoms with van der Waals surface area (Å²) in [6.07, 6.45) is -0.890. The minimum absolute atomic E-state index is 0.279. The van der Waals surface area contributed by atoms with Gasteiger partial charge in [-0.1, -0.05) is 65.7 Å². The molecule has 3 aromatic rings. The summed E-state index contributed by atoms with van der Waals surface area (Å²) in [6.45, 7) is 3.89. The topological polar surface area (TPSA) is 49.9 Å². The summed E-state index contributed by atoms with van der Waals surface area (Å²) >= 11 is 6.26. The number of aryl methyl sites for hydroxylation is 2. The third-order valence-electron chi connectivity index (χ3n) is 5.96. The van der Waals surface area contributed by atoms with E-state index < -0.39 is 18.1 Å². The molecule has 0 spiro atoms. The first-order valence-corrected chi connectivity index (χ1v) is 10.5. The molecule has 156 valence electrons. The third kappa shape index (κ3) is 3.21. The summed E-state index contributed by atoms with van der Waals surface area (Å²) in [4.78, 5) is 34.2. The van der Waals surface area contributed by atoms with Gasteiger partial charge >= 0.3 is 0 Å². The number of fused-ring (bicyclic) bond motifs is 1. The van der Waals surface area contributed by atoms with Gasteiger partial charge in [-0.15, -0.1) is 0 Å².